The average molecular weight is 395 g/mol. The van der Waals surface area contributed by atoms with Gasteiger partial charge in [0.05, 0.1) is 6.61 Å². The smallest absolute Gasteiger partial charge is 0.475 e. The molecule has 3 aromatic rings. The summed E-state index contributed by atoms with van der Waals surface area (Å²) in [5.74, 6) is -1.61. The average Bonchev–Trinajstić information content (AvgIpc) is 3.16. The summed E-state index contributed by atoms with van der Waals surface area (Å²) >= 11 is 0. The second kappa shape index (κ2) is 9.60. The van der Waals surface area contributed by atoms with E-state index in [4.69, 9.17) is 19.5 Å². The van der Waals surface area contributed by atoms with Gasteiger partial charge in [-0.1, -0.05) is 29.4 Å². The highest BCUT2D eigenvalue weighted by molar-refractivity contribution is 5.73. The van der Waals surface area contributed by atoms with Crippen molar-refractivity contribution in [1.29, 1.82) is 0 Å². The molecule has 0 atom stereocenters. The number of benzene rings is 1. The lowest BCUT2D eigenvalue weighted by molar-refractivity contribution is -0.192. The van der Waals surface area contributed by atoms with Crippen LogP contribution in [0.25, 0.3) is 11.4 Å². The Bertz CT molecular complexity index is 898. The molecule has 0 amide bonds. The van der Waals surface area contributed by atoms with Crippen molar-refractivity contribution in [1.82, 2.24) is 15.1 Å². The molecule has 0 saturated heterocycles. The molecule has 2 heterocycles. The Hall–Kier alpha value is -3.27. The lowest BCUT2D eigenvalue weighted by atomic mass is 10.1. The number of carboxylic acid groups (broad SMARTS) is 1. The molecular weight excluding hydrogens is 379 g/mol. The van der Waals surface area contributed by atoms with E-state index in [0.29, 0.717) is 18.1 Å². The SMILES string of the molecule is O=C(O)C(F)(F)F.OCc1cccc(-c2noc(CCc3cccnc3)n2)c1. The van der Waals surface area contributed by atoms with E-state index >= 15 is 0 Å². The van der Waals surface area contributed by atoms with Crippen LogP contribution in [0.3, 0.4) is 0 Å². The molecule has 2 N–H and O–H groups in total. The first kappa shape index (κ1) is 21.0. The van der Waals surface area contributed by atoms with Crippen LogP contribution in [-0.4, -0.2) is 37.5 Å². The summed E-state index contributed by atoms with van der Waals surface area (Å²) in [5, 5.41) is 20.3. The Morgan fingerprint density at radius 1 is 1.11 bits per heavy atom. The van der Waals surface area contributed by atoms with Gasteiger partial charge >= 0.3 is 12.1 Å². The summed E-state index contributed by atoms with van der Waals surface area (Å²) in [6, 6.07) is 11.4. The molecule has 0 unspecified atom stereocenters. The van der Waals surface area contributed by atoms with Gasteiger partial charge in [-0.05, 0) is 29.7 Å². The number of nitrogens with zero attached hydrogens (tertiary/aromatic N) is 3. The topological polar surface area (TPSA) is 109 Å². The summed E-state index contributed by atoms with van der Waals surface area (Å²) in [5.41, 5.74) is 2.81. The Morgan fingerprint density at radius 3 is 2.43 bits per heavy atom. The predicted octanol–water partition coefficient (Wildman–Crippen LogP) is 3.04. The molecule has 0 aliphatic heterocycles. The van der Waals surface area contributed by atoms with Gasteiger partial charge in [-0.2, -0.15) is 18.2 Å². The number of hydrogen-bond donors (Lipinski definition) is 2. The maximum Gasteiger partial charge on any atom is 0.490 e. The molecule has 0 aliphatic carbocycles. The molecule has 2 aromatic heterocycles. The molecule has 3 rings (SSSR count). The number of hydrogen-bond acceptors (Lipinski definition) is 6. The Labute approximate surface area is 157 Å². The molecule has 0 fully saturated rings. The van der Waals surface area contributed by atoms with Crippen LogP contribution >= 0.6 is 0 Å². The zero-order valence-electron chi connectivity index (χ0n) is 14.4. The van der Waals surface area contributed by atoms with E-state index in [-0.39, 0.29) is 6.61 Å². The third-order valence-corrected chi connectivity index (χ3v) is 3.43. The number of aromatic nitrogens is 3. The van der Waals surface area contributed by atoms with Crippen LogP contribution in [0.4, 0.5) is 13.2 Å². The molecular formula is C18H16F3N3O4. The summed E-state index contributed by atoms with van der Waals surface area (Å²) in [6.45, 7) is -0.000441. The van der Waals surface area contributed by atoms with Crippen molar-refractivity contribution in [3.8, 4) is 11.4 Å². The number of pyridine rings is 1. The van der Waals surface area contributed by atoms with Gasteiger partial charge in [0.15, 0.2) is 0 Å². The van der Waals surface area contributed by atoms with E-state index in [1.807, 2.05) is 42.6 Å². The molecule has 0 bridgehead atoms. The van der Waals surface area contributed by atoms with Crippen molar-refractivity contribution in [2.75, 3.05) is 0 Å². The van der Waals surface area contributed by atoms with Crippen molar-refractivity contribution in [3.63, 3.8) is 0 Å². The number of aliphatic hydroxyl groups is 1. The summed E-state index contributed by atoms with van der Waals surface area (Å²) in [4.78, 5) is 17.4. The van der Waals surface area contributed by atoms with Crippen molar-refractivity contribution in [3.05, 3.63) is 65.8 Å². The minimum atomic E-state index is -5.08. The second-order valence-electron chi connectivity index (χ2n) is 5.53. The van der Waals surface area contributed by atoms with E-state index in [9.17, 15) is 13.2 Å². The van der Waals surface area contributed by atoms with Gasteiger partial charge in [-0.15, -0.1) is 0 Å². The van der Waals surface area contributed by atoms with E-state index < -0.39 is 12.1 Å². The zero-order valence-corrected chi connectivity index (χ0v) is 14.4. The predicted molar refractivity (Wildman–Crippen MR) is 91.0 cm³/mol. The van der Waals surface area contributed by atoms with Crippen LogP contribution in [0.2, 0.25) is 0 Å². The molecule has 0 aliphatic rings. The van der Waals surface area contributed by atoms with Crippen LogP contribution < -0.4 is 0 Å². The van der Waals surface area contributed by atoms with Gasteiger partial charge in [0.1, 0.15) is 0 Å². The van der Waals surface area contributed by atoms with Crippen molar-refractivity contribution >= 4 is 5.97 Å². The van der Waals surface area contributed by atoms with E-state index in [1.54, 1.807) is 6.20 Å². The van der Waals surface area contributed by atoms with E-state index in [1.165, 1.54) is 0 Å². The minimum absolute atomic E-state index is 0.000441. The molecule has 148 valence electrons. The van der Waals surface area contributed by atoms with Crippen LogP contribution in [0, 0.1) is 0 Å². The Kier molecular flexibility index (Phi) is 7.21. The summed E-state index contributed by atoms with van der Waals surface area (Å²) < 4.78 is 37.0. The van der Waals surface area contributed by atoms with Crippen LogP contribution in [0.1, 0.15) is 17.0 Å². The normalized spacial score (nSPS) is 10.9. The van der Waals surface area contributed by atoms with E-state index in [0.717, 1.165) is 23.1 Å². The maximum absolute atomic E-state index is 10.6. The van der Waals surface area contributed by atoms with Crippen molar-refractivity contribution < 1.29 is 32.7 Å². The number of aryl methyl sites for hydroxylation is 2. The number of carboxylic acids is 1. The number of aliphatic hydroxyl groups excluding tert-OH is 1. The minimum Gasteiger partial charge on any atom is -0.475 e. The standard InChI is InChI=1S/C16H15N3O2.C2HF3O2/c20-11-13-3-1-5-14(9-13)16-18-15(21-19-16)7-6-12-4-2-8-17-10-12;3-2(4,5)1(6)7/h1-5,8-10,20H,6-7,11H2;(H,6,7). The van der Waals surface area contributed by atoms with E-state index in [2.05, 4.69) is 15.1 Å². The van der Waals surface area contributed by atoms with Gasteiger partial charge < -0.3 is 14.7 Å². The molecule has 10 heteroatoms. The van der Waals surface area contributed by atoms with Crippen molar-refractivity contribution in [2.45, 2.75) is 25.6 Å². The third-order valence-electron chi connectivity index (χ3n) is 3.43. The number of rotatable bonds is 5. The second-order valence-corrected chi connectivity index (χ2v) is 5.53. The summed E-state index contributed by atoms with van der Waals surface area (Å²) in [7, 11) is 0. The molecule has 0 radical (unpaired) electrons. The summed E-state index contributed by atoms with van der Waals surface area (Å²) in [6.07, 6.45) is -0.00497. The zero-order chi connectivity index (χ0) is 20.6. The lowest BCUT2D eigenvalue weighted by Gasteiger charge is -1.98. The number of aliphatic carboxylic acids is 1. The largest absolute Gasteiger partial charge is 0.490 e. The lowest BCUT2D eigenvalue weighted by Crippen LogP contribution is -2.21. The highest BCUT2D eigenvalue weighted by Crippen LogP contribution is 2.18. The first-order valence-corrected chi connectivity index (χ1v) is 8.01. The monoisotopic (exact) mass is 395 g/mol. The van der Waals surface area contributed by atoms with Gasteiger partial charge in [0, 0.05) is 24.4 Å². The first-order valence-electron chi connectivity index (χ1n) is 8.01. The van der Waals surface area contributed by atoms with Gasteiger partial charge in [0.25, 0.3) is 0 Å². The first-order chi connectivity index (χ1) is 13.3. The van der Waals surface area contributed by atoms with Gasteiger partial charge in [0.2, 0.25) is 11.7 Å². The molecule has 0 spiro atoms. The highest BCUT2D eigenvalue weighted by atomic mass is 19.4. The fourth-order valence-corrected chi connectivity index (χ4v) is 2.08. The van der Waals surface area contributed by atoms with Crippen LogP contribution in [0.5, 0.6) is 0 Å². The molecule has 0 saturated carbocycles. The van der Waals surface area contributed by atoms with Gasteiger partial charge in [-0.3, -0.25) is 4.98 Å². The number of carbonyl (C=O) groups is 1. The fourth-order valence-electron chi connectivity index (χ4n) is 2.08. The maximum atomic E-state index is 10.6. The fraction of sp³-hybridized carbons (Fsp3) is 0.222. The third kappa shape index (κ3) is 6.47. The molecule has 7 nitrogen and oxygen atoms in total. The molecule has 28 heavy (non-hydrogen) atoms. The number of halogens is 3. The van der Waals surface area contributed by atoms with Crippen molar-refractivity contribution in [2.24, 2.45) is 0 Å². The van der Waals surface area contributed by atoms with Crippen LogP contribution in [0.15, 0.2) is 53.3 Å². The quantitative estimate of drug-likeness (QED) is 0.683. The molecule has 1 aromatic carbocycles. The number of alkyl halides is 3. The Morgan fingerprint density at radius 2 is 1.82 bits per heavy atom. The van der Waals surface area contributed by atoms with Crippen LogP contribution in [-0.2, 0) is 24.2 Å². The van der Waals surface area contributed by atoms with Gasteiger partial charge in [-0.25, -0.2) is 4.79 Å². The Balaban J connectivity index is 0.000000345. The highest BCUT2D eigenvalue weighted by Gasteiger charge is 2.38.